The highest BCUT2D eigenvalue weighted by molar-refractivity contribution is 8.01. The number of hydrogen-bond donors (Lipinski definition) is 8. The third-order valence-electron chi connectivity index (χ3n) is 6.87. The van der Waals surface area contributed by atoms with E-state index in [2.05, 4.69) is 20.1 Å². The van der Waals surface area contributed by atoms with Crippen LogP contribution in [0, 0.1) is 31.0 Å². The molecule has 2 atom stereocenters. The number of carboxylic acid groups (broad SMARTS) is 2. The van der Waals surface area contributed by atoms with E-state index in [-0.39, 0.29) is 22.3 Å². The van der Waals surface area contributed by atoms with Crippen LogP contribution in [0.2, 0.25) is 0 Å². The molecule has 20 nitrogen and oxygen atoms in total. The van der Waals surface area contributed by atoms with Gasteiger partial charge in [0.05, 0.1) is 33.1 Å². The van der Waals surface area contributed by atoms with E-state index >= 15 is 0 Å². The number of amidine groups is 2. The van der Waals surface area contributed by atoms with Gasteiger partial charge in [-0.15, -0.1) is 0 Å². The van der Waals surface area contributed by atoms with E-state index in [0.29, 0.717) is 11.4 Å². The van der Waals surface area contributed by atoms with E-state index in [1.807, 2.05) is 0 Å². The number of rotatable bonds is 14. The molecule has 21 heteroatoms. The summed E-state index contributed by atoms with van der Waals surface area (Å²) in [5, 5.41) is 62.0. The van der Waals surface area contributed by atoms with Crippen LogP contribution in [0.5, 0.6) is 0 Å². The van der Waals surface area contributed by atoms with Gasteiger partial charge in [0.1, 0.15) is 11.7 Å². The minimum Gasteiger partial charge on any atom is -0.478 e. The van der Waals surface area contributed by atoms with E-state index in [1.54, 1.807) is 24.3 Å². The zero-order chi connectivity index (χ0) is 38.7. The summed E-state index contributed by atoms with van der Waals surface area (Å²) in [6.45, 7) is 0. The number of carbonyl (C=O) groups is 4. The molecular weight excluding hydrogens is 720 g/mol. The number of para-hydroxylation sites is 2. The van der Waals surface area contributed by atoms with Crippen molar-refractivity contribution in [3.63, 3.8) is 0 Å². The first-order valence-electron chi connectivity index (χ1n) is 14.7. The van der Waals surface area contributed by atoms with E-state index < -0.39 is 69.2 Å². The van der Waals surface area contributed by atoms with Crippen molar-refractivity contribution in [3.8, 4) is 0 Å². The monoisotopic (exact) mass is 746 g/mol. The standard InChI is InChI=1S/C32H26N8O12S/c33-27(35-31(45)51-25(29(41)42)21-5-1-3-7-23(21)39(47)48)17-9-13-19(14-10-17)37-53-38-20-15-11-18(12-16-20)28(34)36-32(46)52-26(30(43)44)22-6-2-4-8-24(22)40(49)50/h1-16,25-26,37-38H,(H,41,42)(H,43,44)(H2,33,35,45)(H2,34,36,46). The molecule has 0 fully saturated rings. The lowest BCUT2D eigenvalue weighted by Gasteiger charge is -2.15. The molecule has 2 unspecified atom stereocenters. The highest BCUT2D eigenvalue weighted by atomic mass is 32.2. The molecule has 8 N–H and O–H groups in total. The first-order chi connectivity index (χ1) is 25.2. The van der Waals surface area contributed by atoms with Crippen LogP contribution in [-0.4, -0.2) is 55.9 Å². The molecule has 0 heterocycles. The van der Waals surface area contributed by atoms with Crippen molar-refractivity contribution in [1.29, 1.82) is 10.8 Å². The molecule has 0 saturated heterocycles. The molecule has 53 heavy (non-hydrogen) atoms. The summed E-state index contributed by atoms with van der Waals surface area (Å²) in [7, 11) is 0. The van der Waals surface area contributed by atoms with Crippen molar-refractivity contribution in [2.45, 2.75) is 12.2 Å². The molecule has 0 bridgehead atoms. The van der Waals surface area contributed by atoms with E-state index in [1.165, 1.54) is 48.5 Å². The zero-order valence-corrected chi connectivity index (χ0v) is 27.5. The Balaban J connectivity index is 1.25. The van der Waals surface area contributed by atoms with Gasteiger partial charge >= 0.3 is 24.1 Å². The number of nitrogens with one attached hydrogen (secondary N) is 6. The first kappa shape index (κ1) is 38.3. The summed E-state index contributed by atoms with van der Waals surface area (Å²) in [4.78, 5) is 69.1. The maximum Gasteiger partial charge on any atom is 0.414 e. The van der Waals surface area contributed by atoms with E-state index in [4.69, 9.17) is 20.3 Å². The van der Waals surface area contributed by atoms with Gasteiger partial charge in [-0.2, -0.15) is 0 Å². The molecular formula is C32H26N8O12S. The molecule has 0 radical (unpaired) electrons. The third-order valence-corrected chi connectivity index (χ3v) is 7.54. The fourth-order valence-electron chi connectivity index (χ4n) is 4.42. The van der Waals surface area contributed by atoms with Crippen molar-refractivity contribution < 1.29 is 48.7 Å². The van der Waals surface area contributed by atoms with Gasteiger partial charge in [-0.25, -0.2) is 19.2 Å². The van der Waals surface area contributed by atoms with Crippen LogP contribution in [0.15, 0.2) is 97.1 Å². The smallest absolute Gasteiger partial charge is 0.414 e. The topological polar surface area (TPSA) is 309 Å². The fraction of sp³-hybridized carbons (Fsp3) is 0.0625. The predicted octanol–water partition coefficient (Wildman–Crippen LogP) is 5.35. The molecule has 2 amide bonds. The molecule has 0 aliphatic rings. The zero-order valence-electron chi connectivity index (χ0n) is 26.7. The minimum absolute atomic E-state index is 0.221. The lowest BCUT2D eigenvalue weighted by Crippen LogP contribution is -2.33. The maximum absolute atomic E-state index is 12.4. The number of alkyl carbamates (subject to hydrolysis) is 2. The summed E-state index contributed by atoms with van der Waals surface area (Å²) in [6, 6.07) is 21.9. The maximum atomic E-state index is 12.4. The summed E-state index contributed by atoms with van der Waals surface area (Å²) < 4.78 is 15.7. The summed E-state index contributed by atoms with van der Waals surface area (Å²) in [5.74, 6) is -4.17. The third kappa shape index (κ3) is 10.2. The fourth-order valence-corrected chi connectivity index (χ4v) is 4.98. The van der Waals surface area contributed by atoms with Crippen molar-refractivity contribution in [2.24, 2.45) is 0 Å². The number of amides is 2. The number of hydrogen-bond acceptors (Lipinski definition) is 15. The molecule has 0 aromatic heterocycles. The molecule has 0 saturated carbocycles. The van der Waals surface area contributed by atoms with Crippen molar-refractivity contribution >= 4 is 70.7 Å². The lowest BCUT2D eigenvalue weighted by molar-refractivity contribution is -0.386. The molecule has 0 spiro atoms. The number of ether oxygens (including phenoxy) is 2. The Morgan fingerprint density at radius 1 is 0.604 bits per heavy atom. The Morgan fingerprint density at radius 2 is 0.943 bits per heavy atom. The van der Waals surface area contributed by atoms with Gasteiger partial charge < -0.3 is 29.1 Å². The van der Waals surface area contributed by atoms with Crippen LogP contribution < -0.4 is 20.1 Å². The van der Waals surface area contributed by atoms with Gasteiger partial charge in [-0.1, -0.05) is 24.3 Å². The Bertz CT molecular complexity index is 1930. The second-order valence-corrected chi connectivity index (χ2v) is 11.0. The van der Waals surface area contributed by atoms with Crippen LogP contribution in [0.25, 0.3) is 0 Å². The van der Waals surface area contributed by atoms with E-state index in [0.717, 1.165) is 36.4 Å². The lowest BCUT2D eigenvalue weighted by atomic mass is 10.1. The second-order valence-electron chi connectivity index (χ2n) is 10.3. The van der Waals surface area contributed by atoms with Crippen LogP contribution >= 0.6 is 12.1 Å². The van der Waals surface area contributed by atoms with Crippen molar-refractivity contribution in [2.75, 3.05) is 9.44 Å². The average Bonchev–Trinajstić information content (AvgIpc) is 3.13. The highest BCUT2D eigenvalue weighted by Gasteiger charge is 2.32. The van der Waals surface area contributed by atoms with Crippen molar-refractivity contribution in [3.05, 3.63) is 140 Å². The molecule has 4 aromatic rings. The summed E-state index contributed by atoms with van der Waals surface area (Å²) >= 11 is 1.04. The Hall–Kier alpha value is -7.55. The quantitative estimate of drug-likeness (QED) is 0.0265. The van der Waals surface area contributed by atoms with Gasteiger partial charge in [0, 0.05) is 34.6 Å². The van der Waals surface area contributed by atoms with Crippen LogP contribution in [-0.2, 0) is 19.1 Å². The summed E-state index contributed by atoms with van der Waals surface area (Å²) in [5.41, 5.74) is -0.257. The minimum atomic E-state index is -2.00. The molecule has 4 rings (SSSR count). The van der Waals surface area contributed by atoms with Gasteiger partial charge in [0.25, 0.3) is 11.4 Å². The number of nitro groups is 2. The summed E-state index contributed by atoms with van der Waals surface area (Å²) in [6.07, 6.45) is -6.64. The first-order valence-corrected chi connectivity index (χ1v) is 15.5. The van der Waals surface area contributed by atoms with Crippen LogP contribution in [0.3, 0.4) is 0 Å². The molecule has 272 valence electrons. The number of nitro benzene ring substituents is 2. The SMILES string of the molecule is N=C(NC(=O)OC(C(=O)O)c1ccccc1[N+](=O)[O-])c1ccc(NSNc2ccc(C(=N)NC(=O)OC(C(=O)O)c3ccccc3[N+](=O)[O-])cc2)cc1. The number of aliphatic carboxylic acids is 2. The van der Waals surface area contributed by atoms with Crippen LogP contribution in [0.4, 0.5) is 32.3 Å². The molecule has 0 aliphatic carbocycles. The van der Waals surface area contributed by atoms with E-state index in [9.17, 15) is 49.6 Å². The highest BCUT2D eigenvalue weighted by Crippen LogP contribution is 2.29. The number of benzene rings is 4. The molecule has 4 aromatic carbocycles. The van der Waals surface area contributed by atoms with Gasteiger partial charge in [-0.05, 0) is 60.7 Å². The van der Waals surface area contributed by atoms with Gasteiger partial charge in [0.15, 0.2) is 0 Å². The Kier molecular flexibility index (Phi) is 12.6. The predicted molar refractivity (Wildman–Crippen MR) is 188 cm³/mol. The van der Waals surface area contributed by atoms with Gasteiger partial charge in [0.2, 0.25) is 12.2 Å². The number of anilines is 2. The van der Waals surface area contributed by atoms with Crippen LogP contribution in [0.1, 0.15) is 34.5 Å². The second kappa shape index (κ2) is 17.4. The number of carbonyl (C=O) groups excluding carboxylic acids is 2. The normalized spacial score (nSPS) is 11.5. The van der Waals surface area contributed by atoms with Crippen molar-refractivity contribution in [1.82, 2.24) is 10.6 Å². The number of carboxylic acids is 2. The largest absolute Gasteiger partial charge is 0.478 e. The Morgan fingerprint density at radius 3 is 1.26 bits per heavy atom. The van der Waals surface area contributed by atoms with Gasteiger partial charge in [-0.3, -0.25) is 41.7 Å². The Labute approximate surface area is 301 Å². The average molecular weight is 747 g/mol. The number of nitrogens with zero attached hydrogens (tertiary/aromatic N) is 2. The molecule has 0 aliphatic heterocycles.